The van der Waals surface area contributed by atoms with Gasteiger partial charge in [0.25, 0.3) is 11.8 Å². The molecule has 22 heteroatoms. The maximum atomic E-state index is 14.4. The molecule has 3 fully saturated rings. The van der Waals surface area contributed by atoms with Gasteiger partial charge < -0.3 is 66.4 Å². The first-order chi connectivity index (χ1) is 37.7. The molecule has 3 aliphatic rings. The van der Waals surface area contributed by atoms with Gasteiger partial charge in [-0.15, -0.1) is 0 Å². The molecule has 0 saturated carbocycles. The van der Waals surface area contributed by atoms with Gasteiger partial charge in [-0.2, -0.15) is 0 Å². The first-order valence-corrected chi connectivity index (χ1v) is 26.7. The van der Waals surface area contributed by atoms with Crippen molar-refractivity contribution >= 4 is 41.4 Å². The highest BCUT2D eigenvalue weighted by Crippen LogP contribution is 2.29. The molecule has 22 nitrogen and oxygen atoms in total. The molecular weight excluding hydrogens is 1020 g/mol. The standard InChI is InChI=1S/C57H72N8O14/c1-5-6-7-26-79-42-22-18-38(19-23-42)36-12-10-35(11-13-36)37-14-16-39(17-15-37)51(72)59-43-24-25-58-63-55(76)49-50(71)31(2)29-65(49)57(78)47(33(4)67)61-54(75)48(45(70)27-34-8-20-40(68)21-9-34)62-53(74)44-28-41(69)30-64(44)56(77)46(32(3)66)60-52(43)73/h8-23,31-33,41,43-50,58,66-71H,5-7,24-30H2,1-4H3,(H,59,72)(H,60,73)(H,61,75)(H,62,74)(H,63,76)/t31-,32?,33?,41+,43?,44-,45+,46-,47-,48-,49-,50-/m0/s1. The summed E-state index contributed by atoms with van der Waals surface area (Å²) in [5, 5.41) is 75.6. The quantitative estimate of drug-likeness (QED) is 0.0761. The van der Waals surface area contributed by atoms with Gasteiger partial charge in [0.15, 0.2) is 0 Å². The first kappa shape index (κ1) is 59.2. The summed E-state index contributed by atoms with van der Waals surface area (Å²) in [6.45, 7) is 5.87. The third kappa shape index (κ3) is 14.8. The lowest BCUT2D eigenvalue weighted by Crippen LogP contribution is -2.64. The number of phenolic OH excluding ortho intramolecular Hbond substituents is 1. The van der Waals surface area contributed by atoms with E-state index in [1.807, 2.05) is 48.5 Å². The number of aliphatic hydroxyl groups is 5. The number of hydrogen-bond donors (Lipinski definition) is 12. The SMILES string of the molecule is CCCCCOc1ccc(-c2ccc(-c3ccc(C(=O)NC4CCNNC(=O)[C@@H]5[C@@H](O)[C@@H](C)CN5C(=O)[C@H](C(C)O)NC(=O)[C@H]([C@H](O)Cc5ccc(O)cc5)NC(=O)[C@@H]5C[C@@H](O)CN5C(=O)[C@H](C(C)O)NC4=O)cc3)cc2)cc1. The average Bonchev–Trinajstić information content (AvgIpc) is 4.02. The summed E-state index contributed by atoms with van der Waals surface area (Å²) in [5.41, 5.74) is 9.31. The molecule has 3 saturated heterocycles. The second-order valence-electron chi connectivity index (χ2n) is 20.6. The van der Waals surface area contributed by atoms with Gasteiger partial charge in [0.05, 0.1) is 37.1 Å². The molecule has 12 N–H and O–H groups in total. The molecule has 7 amide bonds. The molecule has 0 radical (unpaired) electrons. The lowest BCUT2D eigenvalue weighted by molar-refractivity contribution is -0.147. The van der Waals surface area contributed by atoms with Crippen LogP contribution in [0.5, 0.6) is 11.5 Å². The van der Waals surface area contributed by atoms with Crippen LogP contribution in [-0.4, -0.2) is 175 Å². The number of aliphatic hydroxyl groups excluding tert-OH is 5. The topological polar surface area (TPSA) is 329 Å². The maximum absolute atomic E-state index is 14.4. The first-order valence-electron chi connectivity index (χ1n) is 26.7. The minimum Gasteiger partial charge on any atom is -0.508 e. The van der Waals surface area contributed by atoms with E-state index >= 15 is 0 Å². The van der Waals surface area contributed by atoms with Gasteiger partial charge in [0, 0.05) is 44.0 Å². The fourth-order valence-corrected chi connectivity index (χ4v) is 9.97. The minimum atomic E-state index is -1.92. The predicted octanol–water partition coefficient (Wildman–Crippen LogP) is 0.407. The van der Waals surface area contributed by atoms with Crippen molar-refractivity contribution in [2.75, 3.05) is 26.2 Å². The van der Waals surface area contributed by atoms with E-state index in [-0.39, 0.29) is 43.7 Å². The zero-order chi connectivity index (χ0) is 57.1. The summed E-state index contributed by atoms with van der Waals surface area (Å²) in [4.78, 5) is 101. The summed E-state index contributed by atoms with van der Waals surface area (Å²) in [6, 6.07) is 17.8. The number of rotatable bonds is 14. The zero-order valence-corrected chi connectivity index (χ0v) is 44.6. The van der Waals surface area contributed by atoms with E-state index < -0.39 is 121 Å². The Labute approximate surface area is 457 Å². The van der Waals surface area contributed by atoms with Crippen LogP contribution in [0.15, 0.2) is 97.1 Å². The number of ether oxygens (including phenoxy) is 1. The second-order valence-corrected chi connectivity index (χ2v) is 20.6. The Hall–Kier alpha value is -7.47. The lowest BCUT2D eigenvalue weighted by atomic mass is 9.99. The maximum Gasteiger partial charge on any atom is 0.259 e. The molecular formula is C57H72N8O14. The number of fused-ring (bicyclic) bond motifs is 2. The van der Waals surface area contributed by atoms with Gasteiger partial charge in [0.2, 0.25) is 29.5 Å². The zero-order valence-electron chi connectivity index (χ0n) is 44.6. The van der Waals surface area contributed by atoms with E-state index in [4.69, 9.17) is 4.74 Å². The molecule has 0 bridgehead atoms. The van der Waals surface area contributed by atoms with Crippen LogP contribution in [0.2, 0.25) is 0 Å². The molecule has 3 aliphatic heterocycles. The number of nitrogens with zero attached hydrogens (tertiary/aromatic N) is 2. The van der Waals surface area contributed by atoms with Crippen molar-refractivity contribution in [3.05, 3.63) is 108 Å². The molecule has 424 valence electrons. The summed E-state index contributed by atoms with van der Waals surface area (Å²) >= 11 is 0. The number of hydrazine groups is 1. The fourth-order valence-electron chi connectivity index (χ4n) is 9.97. The Bertz CT molecular complexity index is 2760. The Kier molecular flexibility index (Phi) is 20.2. The van der Waals surface area contributed by atoms with Crippen molar-refractivity contribution in [3.8, 4) is 33.8 Å². The van der Waals surface area contributed by atoms with E-state index in [1.54, 1.807) is 31.2 Å². The van der Waals surface area contributed by atoms with E-state index in [0.717, 1.165) is 57.1 Å². The van der Waals surface area contributed by atoms with E-state index in [2.05, 4.69) is 39.0 Å². The number of phenols is 1. The molecule has 3 unspecified atom stereocenters. The van der Waals surface area contributed by atoms with Crippen LogP contribution in [0.4, 0.5) is 0 Å². The van der Waals surface area contributed by atoms with Gasteiger partial charge in [-0.25, -0.2) is 5.43 Å². The highest BCUT2D eigenvalue weighted by Gasteiger charge is 2.49. The molecule has 79 heavy (non-hydrogen) atoms. The van der Waals surface area contributed by atoms with Gasteiger partial charge in [-0.1, -0.05) is 87.4 Å². The van der Waals surface area contributed by atoms with Crippen molar-refractivity contribution in [2.45, 2.75) is 133 Å². The molecule has 4 aromatic carbocycles. The van der Waals surface area contributed by atoms with Crippen LogP contribution in [-0.2, 0) is 35.2 Å². The number of carbonyl (C=O) groups is 7. The number of carbonyl (C=O) groups excluding carboxylic acids is 7. The van der Waals surface area contributed by atoms with Gasteiger partial charge in [-0.3, -0.25) is 39.0 Å². The van der Waals surface area contributed by atoms with Crippen LogP contribution in [0.3, 0.4) is 0 Å². The van der Waals surface area contributed by atoms with Crippen molar-refractivity contribution in [1.82, 2.24) is 41.9 Å². The van der Waals surface area contributed by atoms with Crippen molar-refractivity contribution in [3.63, 3.8) is 0 Å². The number of amides is 7. The Morgan fingerprint density at radius 1 is 0.684 bits per heavy atom. The summed E-state index contributed by atoms with van der Waals surface area (Å²) in [6.07, 6.45) is -5.52. The molecule has 3 heterocycles. The van der Waals surface area contributed by atoms with Crippen LogP contribution in [0.25, 0.3) is 22.3 Å². The fraction of sp³-hybridized carbons (Fsp3) is 0.456. The number of unbranched alkanes of at least 4 members (excludes halogenated alkanes) is 2. The Balaban J connectivity index is 1.13. The Morgan fingerprint density at radius 3 is 1.81 bits per heavy atom. The van der Waals surface area contributed by atoms with Crippen LogP contribution < -0.4 is 36.9 Å². The van der Waals surface area contributed by atoms with Gasteiger partial charge in [0.1, 0.15) is 47.8 Å². The average molecular weight is 1090 g/mol. The van der Waals surface area contributed by atoms with Crippen molar-refractivity contribution in [1.29, 1.82) is 0 Å². The van der Waals surface area contributed by atoms with Gasteiger partial charge in [-0.05, 0) is 90.9 Å². The number of aromatic hydroxyl groups is 1. The monoisotopic (exact) mass is 1090 g/mol. The number of nitrogens with one attached hydrogen (secondary N) is 6. The third-order valence-corrected chi connectivity index (χ3v) is 14.5. The van der Waals surface area contributed by atoms with E-state index in [1.165, 1.54) is 38.1 Å². The molecule has 0 aliphatic carbocycles. The molecule has 0 spiro atoms. The summed E-state index contributed by atoms with van der Waals surface area (Å²) in [7, 11) is 0. The van der Waals surface area contributed by atoms with E-state index in [9.17, 15) is 64.2 Å². The van der Waals surface area contributed by atoms with Gasteiger partial charge >= 0.3 is 0 Å². The highest BCUT2D eigenvalue weighted by atomic mass is 16.5. The minimum absolute atomic E-state index is 0.0941. The number of benzene rings is 4. The smallest absolute Gasteiger partial charge is 0.259 e. The number of hydrogen-bond acceptors (Lipinski definition) is 15. The predicted molar refractivity (Wildman–Crippen MR) is 288 cm³/mol. The van der Waals surface area contributed by atoms with Crippen molar-refractivity contribution < 1.29 is 68.9 Å². The summed E-state index contributed by atoms with van der Waals surface area (Å²) in [5.74, 6) is -6.82. The van der Waals surface area contributed by atoms with Crippen LogP contribution >= 0.6 is 0 Å². The third-order valence-electron chi connectivity index (χ3n) is 14.5. The second kappa shape index (κ2) is 26.9. The molecule has 0 aromatic heterocycles. The lowest BCUT2D eigenvalue weighted by Gasteiger charge is -2.33. The highest BCUT2D eigenvalue weighted by molar-refractivity contribution is 6.00. The molecule has 4 aromatic rings. The molecule has 12 atom stereocenters. The largest absolute Gasteiger partial charge is 0.508 e. The summed E-state index contributed by atoms with van der Waals surface area (Å²) < 4.78 is 5.85. The van der Waals surface area contributed by atoms with Crippen LogP contribution in [0, 0.1) is 5.92 Å². The Morgan fingerprint density at radius 2 is 1.23 bits per heavy atom. The van der Waals surface area contributed by atoms with Crippen molar-refractivity contribution in [2.24, 2.45) is 5.92 Å². The van der Waals surface area contributed by atoms with Crippen LogP contribution in [0.1, 0.15) is 75.7 Å². The molecule has 7 rings (SSSR count). The van der Waals surface area contributed by atoms with E-state index in [0.29, 0.717) is 12.2 Å². The normalized spacial score (nSPS) is 25.8.